The number of hydrogen-bond donors (Lipinski definition) is 0. The van der Waals surface area contributed by atoms with Crippen molar-refractivity contribution in [3.8, 4) is 0 Å². The van der Waals surface area contributed by atoms with E-state index in [1.807, 2.05) is 83.1 Å². The fraction of sp³-hybridized carbons (Fsp3) is 1.00. The molecule has 0 aromatic rings. The summed E-state index contributed by atoms with van der Waals surface area (Å²) in [6, 6.07) is 0. The van der Waals surface area contributed by atoms with Crippen molar-refractivity contribution in [3.63, 3.8) is 0 Å². The quantitative estimate of drug-likeness (QED) is 0.384. The van der Waals surface area contributed by atoms with Crippen LogP contribution in [0.15, 0.2) is 0 Å². The average molecular weight is 393 g/mol. The lowest BCUT2D eigenvalue weighted by molar-refractivity contribution is 0.504. The Morgan fingerprint density at radius 1 is 0.259 bits per heavy atom. The normalized spacial score (nSPS) is 12.7. The zero-order valence-electron chi connectivity index (χ0n) is 23.2. The predicted octanol–water partition coefficient (Wildman–Crippen LogP) is 12.3. The smallest absolute Gasteiger partial charge is 0.0533 e. The zero-order chi connectivity index (χ0) is 23.2. The first-order valence-corrected chi connectivity index (χ1v) is 13.4. The van der Waals surface area contributed by atoms with Gasteiger partial charge in [0, 0.05) is 0 Å². The van der Waals surface area contributed by atoms with Crippen LogP contribution in [-0.4, -0.2) is 0 Å². The summed E-state index contributed by atoms with van der Waals surface area (Å²) in [6.07, 6.45) is 19.2. The van der Waals surface area contributed by atoms with Crippen LogP contribution in [0.5, 0.6) is 0 Å². The molecule has 3 aliphatic carbocycles. The first kappa shape index (κ1) is 45.6. The summed E-state index contributed by atoms with van der Waals surface area (Å²) in [6.45, 7) is 28.2. The van der Waals surface area contributed by atoms with Crippen molar-refractivity contribution in [3.05, 3.63) is 0 Å². The van der Waals surface area contributed by atoms with Gasteiger partial charge < -0.3 is 0 Å². The highest BCUT2D eigenvalue weighted by Gasteiger charge is 1.96. The second-order valence-electron chi connectivity index (χ2n) is 4.95. The molecule has 0 nitrogen and oxygen atoms in total. The summed E-state index contributed by atoms with van der Waals surface area (Å²) < 4.78 is 0. The van der Waals surface area contributed by atoms with Crippen LogP contribution in [0, 0.1) is 0 Å². The third-order valence-corrected chi connectivity index (χ3v) is 3.00. The van der Waals surface area contributed by atoms with Crippen LogP contribution in [0.4, 0.5) is 0 Å². The monoisotopic (exact) mass is 393 g/mol. The van der Waals surface area contributed by atoms with E-state index < -0.39 is 0 Å². The minimum atomic E-state index is 1.25. The van der Waals surface area contributed by atoms with Crippen LogP contribution in [0.3, 0.4) is 0 Å². The lowest BCUT2D eigenvalue weighted by atomic mass is 10.0. The molecule has 0 heterocycles. The van der Waals surface area contributed by atoms with E-state index >= 15 is 0 Å². The fourth-order valence-corrected chi connectivity index (χ4v) is 0.750. The van der Waals surface area contributed by atoms with E-state index in [0.29, 0.717) is 0 Å². The lowest BCUT2D eigenvalue weighted by Gasteiger charge is -2.05. The minimum Gasteiger partial charge on any atom is -0.0683 e. The van der Waals surface area contributed by atoms with Crippen molar-refractivity contribution in [2.24, 2.45) is 0 Å². The van der Waals surface area contributed by atoms with Crippen molar-refractivity contribution in [2.45, 2.75) is 180 Å². The molecule has 0 aromatic heterocycles. The molecule has 3 rings (SSSR count). The third-order valence-electron chi connectivity index (χ3n) is 3.00. The largest absolute Gasteiger partial charge is 0.0683 e. The van der Waals surface area contributed by atoms with E-state index in [1.54, 1.807) is 0 Å². The van der Waals surface area contributed by atoms with Gasteiger partial charge in [-0.25, -0.2) is 0 Å². The van der Waals surface area contributed by atoms with Gasteiger partial charge in [-0.05, 0) is 0 Å². The van der Waals surface area contributed by atoms with Crippen LogP contribution in [0.2, 0.25) is 0 Å². The molecular formula is C27H68. The van der Waals surface area contributed by atoms with Crippen LogP contribution < -0.4 is 0 Å². The van der Waals surface area contributed by atoms with E-state index in [2.05, 4.69) is 13.8 Å². The molecule has 0 saturated heterocycles. The van der Waals surface area contributed by atoms with Gasteiger partial charge >= 0.3 is 0 Å². The molecule has 0 unspecified atom stereocenters. The summed E-state index contributed by atoms with van der Waals surface area (Å²) >= 11 is 0. The standard InChI is InChI=1S/3C4H8.C3H8.6C2H6/c3*1-2-4-3-1;1-3-2;6*1-2/h3*1-4H2;3H2,1-2H3;6*1-2H3. The highest BCUT2D eigenvalue weighted by Crippen LogP contribution is 2.15. The molecule has 0 N–H and O–H groups in total. The molecular weight excluding hydrogens is 324 g/mol. The molecule has 0 aliphatic heterocycles. The van der Waals surface area contributed by atoms with Crippen molar-refractivity contribution in [1.29, 1.82) is 0 Å². The second kappa shape index (κ2) is 96.2. The van der Waals surface area contributed by atoms with E-state index in [-0.39, 0.29) is 0 Å². The summed E-state index contributed by atoms with van der Waals surface area (Å²) in [5.74, 6) is 0. The average Bonchev–Trinajstić information content (AvgIpc) is 2.61. The van der Waals surface area contributed by atoms with Gasteiger partial charge in [0.1, 0.15) is 0 Å². The van der Waals surface area contributed by atoms with Gasteiger partial charge in [0.05, 0.1) is 0 Å². The zero-order valence-corrected chi connectivity index (χ0v) is 23.2. The van der Waals surface area contributed by atoms with Crippen LogP contribution in [0.1, 0.15) is 180 Å². The maximum absolute atomic E-state index is 2.12. The Hall–Kier alpha value is 0. The summed E-state index contributed by atoms with van der Waals surface area (Å²) in [7, 11) is 0. The van der Waals surface area contributed by atoms with Gasteiger partial charge in [-0.15, -0.1) is 0 Å². The van der Waals surface area contributed by atoms with Crippen molar-refractivity contribution >= 4 is 0 Å². The molecule has 0 heteroatoms. The SMILES string of the molecule is C1CCC1.C1CCC1.C1CCC1.CC.CC.CC.CC.CC.CC.CCC. The van der Waals surface area contributed by atoms with Gasteiger partial charge in [-0.2, -0.15) is 0 Å². The second-order valence-corrected chi connectivity index (χ2v) is 4.95. The molecule has 176 valence electrons. The van der Waals surface area contributed by atoms with Gasteiger partial charge in [-0.1, -0.05) is 180 Å². The molecule has 3 fully saturated rings. The summed E-state index contributed by atoms with van der Waals surface area (Å²) in [4.78, 5) is 0. The molecule has 0 radical (unpaired) electrons. The topological polar surface area (TPSA) is 0 Å². The maximum Gasteiger partial charge on any atom is -0.0533 e. The van der Waals surface area contributed by atoms with E-state index in [9.17, 15) is 0 Å². The summed E-state index contributed by atoms with van der Waals surface area (Å²) in [5, 5.41) is 0. The maximum atomic E-state index is 2.12. The van der Waals surface area contributed by atoms with Gasteiger partial charge in [0.15, 0.2) is 0 Å². The lowest BCUT2D eigenvalue weighted by Crippen LogP contribution is -1.85. The number of hydrogen-bond acceptors (Lipinski definition) is 0. The molecule has 3 saturated carbocycles. The molecule has 3 aliphatic rings. The Kier molecular flexibility index (Phi) is 163. The van der Waals surface area contributed by atoms with E-state index in [4.69, 9.17) is 0 Å². The van der Waals surface area contributed by atoms with Crippen LogP contribution >= 0.6 is 0 Å². The highest BCUT2D eigenvalue weighted by molar-refractivity contribution is 4.51. The molecule has 0 bridgehead atoms. The van der Waals surface area contributed by atoms with E-state index in [0.717, 1.165) is 0 Å². The first-order chi connectivity index (χ1) is 13.4. The number of rotatable bonds is 0. The third kappa shape index (κ3) is 104. The van der Waals surface area contributed by atoms with Crippen LogP contribution in [-0.2, 0) is 0 Å². The first-order valence-electron chi connectivity index (χ1n) is 13.4. The Bertz CT molecular complexity index is 53.2. The Labute approximate surface area is 180 Å². The molecule has 0 aromatic carbocycles. The highest BCUT2D eigenvalue weighted by atomic mass is 14.0. The van der Waals surface area contributed by atoms with Crippen molar-refractivity contribution < 1.29 is 0 Å². The Morgan fingerprint density at radius 3 is 0.296 bits per heavy atom. The van der Waals surface area contributed by atoms with Crippen LogP contribution in [0.25, 0.3) is 0 Å². The van der Waals surface area contributed by atoms with Gasteiger partial charge in [0.2, 0.25) is 0 Å². The molecule has 27 heavy (non-hydrogen) atoms. The fourth-order valence-electron chi connectivity index (χ4n) is 0.750. The van der Waals surface area contributed by atoms with E-state index in [1.165, 1.54) is 83.5 Å². The Morgan fingerprint density at radius 2 is 0.296 bits per heavy atom. The summed E-state index contributed by atoms with van der Waals surface area (Å²) in [5.41, 5.74) is 0. The van der Waals surface area contributed by atoms with Gasteiger partial charge in [0.25, 0.3) is 0 Å². The predicted molar refractivity (Wildman–Crippen MR) is 139 cm³/mol. The molecule has 0 atom stereocenters. The van der Waals surface area contributed by atoms with Crippen molar-refractivity contribution in [2.75, 3.05) is 0 Å². The Balaban J connectivity index is -0.0000000338. The van der Waals surface area contributed by atoms with Gasteiger partial charge in [-0.3, -0.25) is 0 Å². The minimum absolute atomic E-state index is 1.25. The van der Waals surface area contributed by atoms with Crippen molar-refractivity contribution in [1.82, 2.24) is 0 Å². The molecule has 0 spiro atoms. The molecule has 0 amide bonds.